The van der Waals surface area contributed by atoms with Crippen molar-refractivity contribution in [3.8, 4) is 5.69 Å². The van der Waals surface area contributed by atoms with Crippen molar-refractivity contribution >= 4 is 40.2 Å². The number of thioether (sulfide) groups is 1. The van der Waals surface area contributed by atoms with Crippen LogP contribution in [-0.2, 0) is 4.79 Å². The summed E-state index contributed by atoms with van der Waals surface area (Å²) in [6, 6.07) is 23.2. The van der Waals surface area contributed by atoms with Gasteiger partial charge in [0.2, 0.25) is 5.91 Å². The van der Waals surface area contributed by atoms with Gasteiger partial charge in [-0.25, -0.2) is 4.98 Å². The molecular weight excluding hydrogens is 406 g/mol. The number of amides is 1. The number of aromatic nitrogens is 2. The van der Waals surface area contributed by atoms with E-state index >= 15 is 0 Å². The molecule has 0 spiro atoms. The van der Waals surface area contributed by atoms with Gasteiger partial charge in [0.1, 0.15) is 0 Å². The lowest BCUT2D eigenvalue weighted by molar-refractivity contribution is -0.115. The highest BCUT2D eigenvalue weighted by molar-refractivity contribution is 8.00. The molecule has 5 nitrogen and oxygen atoms in total. The van der Waals surface area contributed by atoms with E-state index in [4.69, 9.17) is 4.98 Å². The summed E-state index contributed by atoms with van der Waals surface area (Å²) < 4.78 is 2.09. The van der Waals surface area contributed by atoms with Gasteiger partial charge in [-0.1, -0.05) is 48.2 Å². The predicted molar refractivity (Wildman–Crippen MR) is 126 cm³/mol. The summed E-state index contributed by atoms with van der Waals surface area (Å²) in [4.78, 5) is 29.3. The molecule has 0 aliphatic rings. The fourth-order valence-electron chi connectivity index (χ4n) is 3.37. The Kier molecular flexibility index (Phi) is 5.91. The zero-order valence-electron chi connectivity index (χ0n) is 17.6. The van der Waals surface area contributed by atoms with Crippen LogP contribution in [0.1, 0.15) is 29.8 Å². The molecule has 4 rings (SSSR count). The second kappa shape index (κ2) is 8.78. The highest BCUT2D eigenvalue weighted by atomic mass is 32.2. The van der Waals surface area contributed by atoms with Crippen molar-refractivity contribution < 1.29 is 9.59 Å². The first-order valence-corrected chi connectivity index (χ1v) is 10.9. The lowest BCUT2D eigenvalue weighted by Crippen LogP contribution is -2.23. The number of para-hydroxylation sites is 2. The summed E-state index contributed by atoms with van der Waals surface area (Å²) in [6.45, 7) is 5.42. The van der Waals surface area contributed by atoms with Crippen molar-refractivity contribution in [2.24, 2.45) is 0 Å². The number of hydrogen-bond donors (Lipinski definition) is 1. The van der Waals surface area contributed by atoms with E-state index in [1.807, 2.05) is 43.3 Å². The van der Waals surface area contributed by atoms with Crippen molar-refractivity contribution in [2.45, 2.75) is 31.2 Å². The number of ketones is 1. The van der Waals surface area contributed by atoms with E-state index < -0.39 is 0 Å². The smallest absolute Gasteiger partial charge is 0.237 e. The number of benzene rings is 3. The number of nitrogens with zero attached hydrogens (tertiary/aromatic N) is 2. The van der Waals surface area contributed by atoms with Crippen LogP contribution in [-0.4, -0.2) is 26.5 Å². The van der Waals surface area contributed by atoms with Crippen molar-refractivity contribution in [3.05, 3.63) is 83.9 Å². The van der Waals surface area contributed by atoms with E-state index in [-0.39, 0.29) is 16.9 Å². The summed E-state index contributed by atoms with van der Waals surface area (Å²) in [5, 5.41) is 3.28. The Hall–Kier alpha value is -3.38. The molecule has 1 amide bonds. The van der Waals surface area contributed by atoms with Crippen LogP contribution in [0.3, 0.4) is 0 Å². The van der Waals surface area contributed by atoms with E-state index in [0.29, 0.717) is 11.3 Å². The number of aryl methyl sites for hydroxylation is 1. The highest BCUT2D eigenvalue weighted by Crippen LogP contribution is 2.31. The topological polar surface area (TPSA) is 64.0 Å². The Morgan fingerprint density at radius 2 is 1.77 bits per heavy atom. The van der Waals surface area contributed by atoms with Gasteiger partial charge >= 0.3 is 0 Å². The summed E-state index contributed by atoms with van der Waals surface area (Å²) in [7, 11) is 0. The molecule has 1 aromatic heterocycles. The van der Waals surface area contributed by atoms with E-state index in [1.165, 1.54) is 18.7 Å². The number of carbonyl (C=O) groups excluding carboxylic acids is 2. The Morgan fingerprint density at radius 3 is 2.55 bits per heavy atom. The minimum atomic E-state index is -0.388. The first-order valence-electron chi connectivity index (χ1n) is 10.1. The maximum atomic E-state index is 12.9. The van der Waals surface area contributed by atoms with E-state index in [1.54, 1.807) is 24.3 Å². The molecule has 0 bridgehead atoms. The van der Waals surface area contributed by atoms with Crippen molar-refractivity contribution in [1.29, 1.82) is 0 Å². The van der Waals surface area contributed by atoms with Gasteiger partial charge < -0.3 is 5.32 Å². The first-order chi connectivity index (χ1) is 14.9. The van der Waals surface area contributed by atoms with Crippen LogP contribution >= 0.6 is 11.8 Å². The summed E-state index contributed by atoms with van der Waals surface area (Å²) in [5.74, 6) is -0.182. The fraction of sp³-hybridized carbons (Fsp3) is 0.160. The Labute approximate surface area is 185 Å². The molecule has 0 aliphatic heterocycles. The number of imidazole rings is 1. The third kappa shape index (κ3) is 4.54. The maximum absolute atomic E-state index is 12.9. The van der Waals surface area contributed by atoms with Crippen LogP contribution in [0.4, 0.5) is 5.69 Å². The molecule has 156 valence electrons. The fourth-order valence-corrected chi connectivity index (χ4v) is 4.31. The molecule has 0 radical (unpaired) electrons. The van der Waals surface area contributed by atoms with Gasteiger partial charge in [-0.15, -0.1) is 0 Å². The van der Waals surface area contributed by atoms with Crippen molar-refractivity contribution in [1.82, 2.24) is 9.55 Å². The van der Waals surface area contributed by atoms with Crippen LogP contribution in [0.25, 0.3) is 16.7 Å². The van der Waals surface area contributed by atoms with Crippen LogP contribution < -0.4 is 5.32 Å². The minimum absolute atomic E-state index is 0.0367. The number of fused-ring (bicyclic) bond motifs is 1. The Morgan fingerprint density at radius 1 is 1.00 bits per heavy atom. The lowest BCUT2D eigenvalue weighted by atomic mass is 10.1. The molecule has 3 aromatic carbocycles. The maximum Gasteiger partial charge on any atom is 0.237 e. The largest absolute Gasteiger partial charge is 0.325 e. The average molecular weight is 430 g/mol. The molecule has 0 aliphatic carbocycles. The molecule has 6 heteroatoms. The third-order valence-corrected chi connectivity index (χ3v) is 6.03. The summed E-state index contributed by atoms with van der Waals surface area (Å²) in [5.41, 5.74) is 5.22. The molecule has 4 aromatic rings. The minimum Gasteiger partial charge on any atom is -0.325 e. The second-order valence-corrected chi connectivity index (χ2v) is 8.75. The molecule has 1 heterocycles. The molecule has 0 saturated heterocycles. The van der Waals surface area contributed by atoms with Crippen molar-refractivity contribution in [2.75, 3.05) is 5.32 Å². The van der Waals surface area contributed by atoms with Crippen LogP contribution in [0.5, 0.6) is 0 Å². The number of nitrogens with one attached hydrogen (secondary N) is 1. The molecule has 31 heavy (non-hydrogen) atoms. The predicted octanol–water partition coefficient (Wildman–Crippen LogP) is 5.66. The Bertz CT molecular complexity index is 1280. The zero-order valence-corrected chi connectivity index (χ0v) is 18.4. The van der Waals surface area contributed by atoms with E-state index in [0.717, 1.165) is 27.4 Å². The summed E-state index contributed by atoms with van der Waals surface area (Å²) in [6.07, 6.45) is 0. The van der Waals surface area contributed by atoms with Gasteiger partial charge in [0.05, 0.1) is 16.3 Å². The monoisotopic (exact) mass is 429 g/mol. The average Bonchev–Trinajstić information content (AvgIpc) is 3.11. The SMILES string of the molecule is CC(=O)c1cccc(NC(=O)C(C)Sc2nc3ccccc3n2-c2cccc(C)c2)c1. The van der Waals surface area contributed by atoms with Gasteiger partial charge in [0.25, 0.3) is 0 Å². The van der Waals surface area contributed by atoms with Gasteiger partial charge in [0, 0.05) is 16.9 Å². The molecule has 1 N–H and O–H groups in total. The Balaban J connectivity index is 1.62. The van der Waals surface area contributed by atoms with Gasteiger partial charge in [-0.2, -0.15) is 0 Å². The molecule has 0 saturated carbocycles. The van der Waals surface area contributed by atoms with Crippen LogP contribution in [0.15, 0.2) is 78.0 Å². The number of hydrogen-bond acceptors (Lipinski definition) is 4. The molecule has 0 fully saturated rings. The van der Waals surface area contributed by atoms with Crippen LogP contribution in [0.2, 0.25) is 0 Å². The van der Waals surface area contributed by atoms with Gasteiger partial charge in [0.15, 0.2) is 10.9 Å². The van der Waals surface area contributed by atoms with Crippen molar-refractivity contribution in [3.63, 3.8) is 0 Å². The molecule has 1 atom stereocenters. The number of rotatable bonds is 6. The van der Waals surface area contributed by atoms with E-state index in [9.17, 15) is 9.59 Å². The summed E-state index contributed by atoms with van der Waals surface area (Å²) >= 11 is 1.41. The molecular formula is C25H23N3O2S. The molecule has 1 unspecified atom stereocenters. The van der Waals surface area contributed by atoms with E-state index in [2.05, 4.69) is 28.9 Å². The van der Waals surface area contributed by atoms with Crippen LogP contribution in [0, 0.1) is 6.92 Å². The lowest BCUT2D eigenvalue weighted by Gasteiger charge is -2.14. The standard InChI is InChI=1S/C25H23N3O2S/c1-16-8-6-11-21(14-16)28-23-13-5-4-12-22(23)27-25(28)31-18(3)24(30)26-20-10-7-9-19(15-20)17(2)29/h4-15,18H,1-3H3,(H,26,30). The third-order valence-electron chi connectivity index (χ3n) is 4.98. The first kappa shape index (κ1) is 20.9. The second-order valence-electron chi connectivity index (χ2n) is 7.44. The zero-order chi connectivity index (χ0) is 22.0. The normalized spacial score (nSPS) is 12.0. The van der Waals surface area contributed by atoms with Gasteiger partial charge in [-0.05, 0) is 62.7 Å². The quantitative estimate of drug-likeness (QED) is 0.317. The van der Waals surface area contributed by atoms with Gasteiger partial charge in [-0.3, -0.25) is 14.2 Å². The number of anilines is 1. The highest BCUT2D eigenvalue weighted by Gasteiger charge is 2.20. The number of carbonyl (C=O) groups is 2. The number of Topliss-reactive ketones (excluding diaryl/α,β-unsaturated/α-hetero) is 1.